The van der Waals surface area contributed by atoms with E-state index in [9.17, 15) is 4.79 Å². The average molecular weight is 242 g/mol. The van der Waals surface area contributed by atoms with Gasteiger partial charge in [-0.25, -0.2) is 0 Å². The first-order chi connectivity index (χ1) is 5.93. The Balaban J connectivity index is 4.50. The van der Waals surface area contributed by atoms with Crippen molar-refractivity contribution >= 4 is 21.8 Å². The maximum absolute atomic E-state index is 11.6. The minimum Gasteiger partial charge on any atom is -0.319 e. The standard InChI is InChI=1S/C10H12BrNO/c1-5-7-12(8-6-2)9(13)10(3,4)11/h1-2H,7-8H2,3-4H3. The summed E-state index contributed by atoms with van der Waals surface area (Å²) in [5.74, 6) is 4.69. The molecule has 0 spiro atoms. The molecule has 0 fully saturated rings. The first-order valence-corrected chi connectivity index (χ1v) is 4.58. The molecule has 0 rings (SSSR count). The highest BCUT2D eigenvalue weighted by atomic mass is 79.9. The molecule has 0 atom stereocenters. The van der Waals surface area contributed by atoms with E-state index in [1.165, 1.54) is 4.90 Å². The highest BCUT2D eigenvalue weighted by molar-refractivity contribution is 9.10. The smallest absolute Gasteiger partial charge is 0.240 e. The normalized spacial score (nSPS) is 9.92. The van der Waals surface area contributed by atoms with Crippen molar-refractivity contribution in [3.8, 4) is 24.7 Å². The molecule has 0 radical (unpaired) electrons. The van der Waals surface area contributed by atoms with Gasteiger partial charge in [0.25, 0.3) is 0 Å². The number of carbonyl (C=O) groups excluding carboxylic acids is 1. The van der Waals surface area contributed by atoms with Gasteiger partial charge in [0.05, 0.1) is 17.4 Å². The van der Waals surface area contributed by atoms with Gasteiger partial charge in [-0.1, -0.05) is 27.8 Å². The molecular weight excluding hydrogens is 230 g/mol. The van der Waals surface area contributed by atoms with E-state index in [1.54, 1.807) is 13.8 Å². The Kier molecular flexibility index (Phi) is 4.59. The number of carbonyl (C=O) groups is 1. The van der Waals surface area contributed by atoms with E-state index >= 15 is 0 Å². The van der Waals surface area contributed by atoms with Crippen molar-refractivity contribution in [2.75, 3.05) is 13.1 Å². The third-order valence-electron chi connectivity index (χ3n) is 1.36. The van der Waals surface area contributed by atoms with Crippen molar-refractivity contribution in [2.24, 2.45) is 0 Å². The van der Waals surface area contributed by atoms with Crippen LogP contribution in [0.25, 0.3) is 0 Å². The zero-order chi connectivity index (χ0) is 10.5. The maximum atomic E-state index is 11.6. The van der Waals surface area contributed by atoms with Gasteiger partial charge in [0.15, 0.2) is 0 Å². The van der Waals surface area contributed by atoms with Crippen molar-refractivity contribution in [3.05, 3.63) is 0 Å². The molecule has 13 heavy (non-hydrogen) atoms. The van der Waals surface area contributed by atoms with Crippen LogP contribution in [-0.4, -0.2) is 28.2 Å². The van der Waals surface area contributed by atoms with Crippen molar-refractivity contribution in [1.29, 1.82) is 0 Å². The zero-order valence-corrected chi connectivity index (χ0v) is 9.39. The summed E-state index contributed by atoms with van der Waals surface area (Å²) in [6.45, 7) is 4.01. The molecular formula is C10H12BrNO. The Morgan fingerprint density at radius 1 is 1.38 bits per heavy atom. The maximum Gasteiger partial charge on any atom is 0.240 e. The highest BCUT2D eigenvalue weighted by Crippen LogP contribution is 2.18. The van der Waals surface area contributed by atoms with Crippen molar-refractivity contribution < 1.29 is 4.79 Å². The van der Waals surface area contributed by atoms with E-state index in [4.69, 9.17) is 12.8 Å². The fourth-order valence-electron chi connectivity index (χ4n) is 0.796. The van der Waals surface area contributed by atoms with E-state index in [0.29, 0.717) is 0 Å². The molecule has 0 aliphatic rings. The highest BCUT2D eigenvalue weighted by Gasteiger charge is 2.28. The molecule has 0 saturated carbocycles. The van der Waals surface area contributed by atoms with Gasteiger partial charge in [-0.05, 0) is 13.8 Å². The first-order valence-electron chi connectivity index (χ1n) is 3.78. The Morgan fingerprint density at radius 2 is 1.77 bits per heavy atom. The fourth-order valence-corrected chi connectivity index (χ4v) is 1.05. The van der Waals surface area contributed by atoms with Crippen LogP contribution in [0.4, 0.5) is 0 Å². The summed E-state index contributed by atoms with van der Waals surface area (Å²) in [5, 5.41) is 0. The number of hydrogen-bond donors (Lipinski definition) is 0. The number of amides is 1. The molecule has 0 bridgehead atoms. The van der Waals surface area contributed by atoms with Gasteiger partial charge in [0.2, 0.25) is 5.91 Å². The third kappa shape index (κ3) is 4.01. The molecule has 0 unspecified atom stereocenters. The van der Waals surface area contributed by atoms with Crippen LogP contribution in [0.5, 0.6) is 0 Å². The molecule has 0 heterocycles. The minimum atomic E-state index is -0.610. The minimum absolute atomic E-state index is 0.0941. The molecule has 0 aliphatic carbocycles. The lowest BCUT2D eigenvalue weighted by molar-refractivity contribution is -0.131. The second-order valence-electron chi connectivity index (χ2n) is 3.04. The molecule has 0 aliphatic heterocycles. The first kappa shape index (κ1) is 12.1. The predicted molar refractivity (Wildman–Crippen MR) is 57.3 cm³/mol. The van der Waals surface area contributed by atoms with Crippen LogP contribution in [0.2, 0.25) is 0 Å². The van der Waals surface area contributed by atoms with Gasteiger partial charge in [0.1, 0.15) is 0 Å². The fraction of sp³-hybridized carbons (Fsp3) is 0.500. The second-order valence-corrected chi connectivity index (χ2v) is 5.02. The molecule has 3 heteroatoms. The summed E-state index contributed by atoms with van der Waals surface area (Å²) in [7, 11) is 0. The number of nitrogens with zero attached hydrogens (tertiary/aromatic N) is 1. The number of alkyl halides is 1. The van der Waals surface area contributed by atoms with E-state index < -0.39 is 4.32 Å². The van der Waals surface area contributed by atoms with Gasteiger partial charge < -0.3 is 4.90 Å². The van der Waals surface area contributed by atoms with E-state index in [2.05, 4.69) is 27.8 Å². The lowest BCUT2D eigenvalue weighted by Gasteiger charge is -2.24. The Hall–Kier alpha value is -0.930. The Bertz CT molecular complexity index is 248. The summed E-state index contributed by atoms with van der Waals surface area (Å²) in [5.41, 5.74) is 0. The van der Waals surface area contributed by atoms with Gasteiger partial charge in [-0.3, -0.25) is 4.79 Å². The summed E-state index contributed by atoms with van der Waals surface area (Å²) in [6.07, 6.45) is 10.2. The molecule has 2 nitrogen and oxygen atoms in total. The third-order valence-corrected chi connectivity index (χ3v) is 1.70. The Labute approximate surface area is 87.8 Å². The van der Waals surface area contributed by atoms with Crippen LogP contribution in [0.3, 0.4) is 0 Å². The van der Waals surface area contributed by atoms with Gasteiger partial charge in [-0.2, -0.15) is 0 Å². The van der Waals surface area contributed by atoms with Gasteiger partial charge in [-0.15, -0.1) is 12.8 Å². The topological polar surface area (TPSA) is 20.3 Å². The molecule has 1 amide bonds. The second kappa shape index (κ2) is 4.94. The SMILES string of the molecule is C#CCN(CC#C)C(=O)C(C)(C)Br. The molecule has 0 N–H and O–H groups in total. The summed E-state index contributed by atoms with van der Waals surface area (Å²) in [4.78, 5) is 13.1. The zero-order valence-electron chi connectivity index (χ0n) is 7.80. The van der Waals surface area contributed by atoms with Crippen molar-refractivity contribution in [3.63, 3.8) is 0 Å². The van der Waals surface area contributed by atoms with Crippen molar-refractivity contribution in [1.82, 2.24) is 4.90 Å². The lowest BCUT2D eigenvalue weighted by atomic mass is 10.2. The van der Waals surface area contributed by atoms with Gasteiger partial charge >= 0.3 is 0 Å². The van der Waals surface area contributed by atoms with Crippen LogP contribution in [-0.2, 0) is 4.79 Å². The van der Waals surface area contributed by atoms with Crippen LogP contribution < -0.4 is 0 Å². The number of hydrogen-bond acceptors (Lipinski definition) is 1. The monoisotopic (exact) mass is 241 g/mol. The molecule has 0 aromatic rings. The number of halogens is 1. The molecule has 0 saturated heterocycles. The predicted octanol–water partition coefficient (Wildman–Crippen LogP) is 1.25. The average Bonchev–Trinajstić information content (AvgIpc) is 2.01. The van der Waals surface area contributed by atoms with Crippen LogP contribution in [0, 0.1) is 24.7 Å². The molecule has 0 aromatic heterocycles. The summed E-state index contributed by atoms with van der Waals surface area (Å²) >= 11 is 3.26. The summed E-state index contributed by atoms with van der Waals surface area (Å²) < 4.78 is -0.610. The summed E-state index contributed by atoms with van der Waals surface area (Å²) in [6, 6.07) is 0. The van der Waals surface area contributed by atoms with Crippen LogP contribution >= 0.6 is 15.9 Å². The van der Waals surface area contributed by atoms with E-state index in [-0.39, 0.29) is 19.0 Å². The number of rotatable bonds is 3. The molecule has 70 valence electrons. The Morgan fingerprint density at radius 3 is 2.00 bits per heavy atom. The lowest BCUT2D eigenvalue weighted by Crippen LogP contribution is -2.42. The quantitative estimate of drug-likeness (QED) is 0.539. The molecule has 0 aromatic carbocycles. The van der Waals surface area contributed by atoms with Crippen molar-refractivity contribution in [2.45, 2.75) is 18.2 Å². The van der Waals surface area contributed by atoms with E-state index in [1.807, 2.05) is 0 Å². The van der Waals surface area contributed by atoms with Gasteiger partial charge in [0, 0.05) is 0 Å². The van der Waals surface area contributed by atoms with Crippen LogP contribution in [0.15, 0.2) is 0 Å². The van der Waals surface area contributed by atoms with E-state index in [0.717, 1.165) is 0 Å². The van der Waals surface area contributed by atoms with Crippen LogP contribution in [0.1, 0.15) is 13.8 Å². The largest absolute Gasteiger partial charge is 0.319 e. The number of terminal acetylenes is 2.